The Morgan fingerprint density at radius 2 is 2.35 bits per heavy atom. The molecule has 0 amide bonds. The van der Waals surface area contributed by atoms with E-state index in [9.17, 15) is 4.79 Å². The van der Waals surface area contributed by atoms with Crippen LogP contribution in [0.25, 0.3) is 11.2 Å². The van der Waals surface area contributed by atoms with Crippen LogP contribution in [0.15, 0.2) is 18.5 Å². The molecule has 0 aromatic carbocycles. The van der Waals surface area contributed by atoms with Crippen molar-refractivity contribution in [3.63, 3.8) is 0 Å². The number of carbonyl (C=O) groups excluding carboxylic acids is 1. The Morgan fingerprint density at radius 1 is 1.50 bits per heavy atom. The van der Waals surface area contributed by atoms with Crippen molar-refractivity contribution >= 4 is 35.2 Å². The van der Waals surface area contributed by atoms with Gasteiger partial charge in [-0.05, 0) is 6.42 Å². The van der Waals surface area contributed by atoms with Gasteiger partial charge in [-0.15, -0.1) is 0 Å². The van der Waals surface area contributed by atoms with E-state index < -0.39 is 0 Å². The minimum absolute atomic E-state index is 0.0885. The SMILES string of the molecule is Nc1nc(Cl)c2ncn(C3C=CC(COC=O)C3)c2n1. The van der Waals surface area contributed by atoms with Crippen LogP contribution in [0.4, 0.5) is 5.95 Å². The summed E-state index contributed by atoms with van der Waals surface area (Å²) in [7, 11) is 0. The van der Waals surface area contributed by atoms with Crippen molar-refractivity contribution in [2.24, 2.45) is 5.92 Å². The lowest BCUT2D eigenvalue weighted by Gasteiger charge is -2.13. The van der Waals surface area contributed by atoms with Crippen LogP contribution >= 0.6 is 11.6 Å². The molecule has 0 saturated carbocycles. The zero-order valence-corrected chi connectivity index (χ0v) is 11.2. The van der Waals surface area contributed by atoms with Crippen molar-refractivity contribution in [2.75, 3.05) is 12.3 Å². The standard InChI is InChI=1S/C12H12ClN5O2/c13-10-9-11(17-12(14)16-10)18(5-15-9)8-2-1-7(3-8)4-20-6-19/h1-2,5-8H,3-4H2,(H2,14,16,17). The molecule has 2 atom stereocenters. The van der Waals surface area contributed by atoms with E-state index in [1.54, 1.807) is 6.33 Å². The second-order valence-electron chi connectivity index (χ2n) is 4.57. The molecule has 7 nitrogen and oxygen atoms in total. The number of rotatable bonds is 4. The molecule has 0 spiro atoms. The van der Waals surface area contributed by atoms with Crippen LogP contribution in [-0.2, 0) is 9.53 Å². The highest BCUT2D eigenvalue weighted by atomic mass is 35.5. The Labute approximate surface area is 119 Å². The van der Waals surface area contributed by atoms with E-state index in [0.717, 1.165) is 6.42 Å². The molecule has 2 N–H and O–H groups in total. The number of nitrogens with two attached hydrogens (primary N) is 1. The van der Waals surface area contributed by atoms with Crippen LogP contribution in [-0.4, -0.2) is 32.6 Å². The minimum atomic E-state index is 0.0885. The van der Waals surface area contributed by atoms with Crippen LogP contribution in [0.2, 0.25) is 5.15 Å². The van der Waals surface area contributed by atoms with E-state index in [1.807, 2.05) is 16.7 Å². The molecule has 0 radical (unpaired) electrons. The Kier molecular flexibility index (Phi) is 3.27. The number of imidazole rings is 1. The lowest BCUT2D eigenvalue weighted by molar-refractivity contribution is -0.129. The molecule has 0 saturated heterocycles. The zero-order chi connectivity index (χ0) is 14.1. The third-order valence-corrected chi connectivity index (χ3v) is 3.55. The summed E-state index contributed by atoms with van der Waals surface area (Å²) >= 11 is 6.00. The number of aromatic nitrogens is 4. The van der Waals surface area contributed by atoms with Crippen LogP contribution < -0.4 is 5.73 Å². The van der Waals surface area contributed by atoms with Gasteiger partial charge in [-0.25, -0.2) is 4.98 Å². The molecule has 0 aliphatic heterocycles. The van der Waals surface area contributed by atoms with Crippen molar-refractivity contribution in [3.05, 3.63) is 23.6 Å². The van der Waals surface area contributed by atoms with Crippen molar-refractivity contribution < 1.29 is 9.53 Å². The Morgan fingerprint density at radius 3 is 3.15 bits per heavy atom. The number of halogens is 1. The van der Waals surface area contributed by atoms with Crippen LogP contribution in [0.5, 0.6) is 0 Å². The van der Waals surface area contributed by atoms with Gasteiger partial charge >= 0.3 is 0 Å². The molecule has 0 fully saturated rings. The molecule has 1 aliphatic carbocycles. The highest BCUT2D eigenvalue weighted by Gasteiger charge is 2.23. The van der Waals surface area contributed by atoms with Crippen LogP contribution in [0, 0.1) is 5.92 Å². The third-order valence-electron chi connectivity index (χ3n) is 3.28. The molecule has 104 valence electrons. The quantitative estimate of drug-likeness (QED) is 0.519. The van der Waals surface area contributed by atoms with Gasteiger partial charge in [0.05, 0.1) is 19.0 Å². The number of carbonyl (C=O) groups is 1. The van der Waals surface area contributed by atoms with Crippen molar-refractivity contribution in [1.29, 1.82) is 0 Å². The predicted molar refractivity (Wildman–Crippen MR) is 73.0 cm³/mol. The van der Waals surface area contributed by atoms with Gasteiger partial charge in [0.25, 0.3) is 6.47 Å². The van der Waals surface area contributed by atoms with E-state index in [2.05, 4.69) is 15.0 Å². The van der Waals surface area contributed by atoms with Crippen molar-refractivity contribution in [1.82, 2.24) is 19.5 Å². The van der Waals surface area contributed by atoms with E-state index in [1.165, 1.54) is 0 Å². The first-order valence-corrected chi connectivity index (χ1v) is 6.46. The highest BCUT2D eigenvalue weighted by Crippen LogP contribution is 2.31. The number of hydrogen-bond donors (Lipinski definition) is 1. The number of ether oxygens (including phenoxy) is 1. The van der Waals surface area contributed by atoms with E-state index in [0.29, 0.717) is 24.2 Å². The van der Waals surface area contributed by atoms with Gasteiger partial charge in [0.2, 0.25) is 5.95 Å². The zero-order valence-electron chi connectivity index (χ0n) is 10.4. The summed E-state index contributed by atoms with van der Waals surface area (Å²) in [5.74, 6) is 0.310. The second-order valence-corrected chi connectivity index (χ2v) is 4.93. The van der Waals surface area contributed by atoms with Crippen LogP contribution in [0.3, 0.4) is 0 Å². The fourth-order valence-corrected chi connectivity index (χ4v) is 2.61. The lowest BCUT2D eigenvalue weighted by atomic mass is 10.1. The van der Waals surface area contributed by atoms with Gasteiger partial charge in [0.15, 0.2) is 10.8 Å². The number of fused-ring (bicyclic) bond motifs is 1. The molecule has 2 aromatic rings. The monoisotopic (exact) mass is 293 g/mol. The average Bonchev–Trinajstić information content (AvgIpc) is 3.02. The maximum Gasteiger partial charge on any atom is 0.293 e. The van der Waals surface area contributed by atoms with Gasteiger partial charge in [0.1, 0.15) is 5.52 Å². The number of nitrogen functional groups attached to an aromatic ring is 1. The average molecular weight is 294 g/mol. The smallest absolute Gasteiger partial charge is 0.293 e. The molecular weight excluding hydrogens is 282 g/mol. The third kappa shape index (κ3) is 2.20. The molecule has 0 bridgehead atoms. The van der Waals surface area contributed by atoms with Gasteiger partial charge < -0.3 is 15.0 Å². The number of hydrogen-bond acceptors (Lipinski definition) is 6. The first kappa shape index (κ1) is 12.9. The molecule has 2 heterocycles. The number of anilines is 1. The molecular formula is C12H12ClN5O2. The van der Waals surface area contributed by atoms with Gasteiger partial charge in [-0.1, -0.05) is 23.8 Å². The summed E-state index contributed by atoms with van der Waals surface area (Å²) in [5, 5.41) is 0.245. The number of allylic oxidation sites excluding steroid dienone is 1. The fraction of sp³-hybridized carbons (Fsp3) is 0.333. The Bertz CT molecular complexity index is 684. The second kappa shape index (κ2) is 5.09. The normalized spacial score (nSPS) is 21.4. The summed E-state index contributed by atoms with van der Waals surface area (Å²) in [6.07, 6.45) is 6.53. The van der Waals surface area contributed by atoms with Gasteiger partial charge in [-0.3, -0.25) is 4.79 Å². The first-order valence-electron chi connectivity index (χ1n) is 6.08. The van der Waals surface area contributed by atoms with E-state index in [4.69, 9.17) is 22.1 Å². The summed E-state index contributed by atoms with van der Waals surface area (Å²) in [6.45, 7) is 0.836. The molecule has 2 aromatic heterocycles. The summed E-state index contributed by atoms with van der Waals surface area (Å²) in [6, 6.07) is 0.0885. The summed E-state index contributed by atoms with van der Waals surface area (Å²) in [4.78, 5) is 22.5. The topological polar surface area (TPSA) is 95.9 Å². The maximum atomic E-state index is 10.2. The van der Waals surface area contributed by atoms with Gasteiger partial charge in [0, 0.05) is 5.92 Å². The molecule has 8 heteroatoms. The van der Waals surface area contributed by atoms with Crippen molar-refractivity contribution in [3.8, 4) is 0 Å². The Balaban J connectivity index is 1.89. The van der Waals surface area contributed by atoms with E-state index in [-0.39, 0.29) is 23.1 Å². The Hall–Kier alpha value is -2.15. The number of nitrogens with zero attached hydrogens (tertiary/aromatic N) is 4. The molecule has 20 heavy (non-hydrogen) atoms. The van der Waals surface area contributed by atoms with Crippen molar-refractivity contribution in [2.45, 2.75) is 12.5 Å². The fourth-order valence-electron chi connectivity index (χ4n) is 2.39. The van der Waals surface area contributed by atoms with Crippen LogP contribution in [0.1, 0.15) is 12.5 Å². The lowest BCUT2D eigenvalue weighted by Crippen LogP contribution is -2.10. The largest absolute Gasteiger partial charge is 0.467 e. The molecule has 1 aliphatic rings. The predicted octanol–water partition coefficient (Wildman–Crippen LogP) is 1.35. The van der Waals surface area contributed by atoms with Gasteiger partial charge in [-0.2, -0.15) is 9.97 Å². The molecule has 2 unspecified atom stereocenters. The highest BCUT2D eigenvalue weighted by molar-refractivity contribution is 6.33. The maximum absolute atomic E-state index is 10.2. The minimum Gasteiger partial charge on any atom is -0.467 e. The summed E-state index contributed by atoms with van der Waals surface area (Å²) in [5.41, 5.74) is 6.75. The summed E-state index contributed by atoms with van der Waals surface area (Å²) < 4.78 is 6.68. The van der Waals surface area contributed by atoms with E-state index >= 15 is 0 Å². The first-order chi connectivity index (χ1) is 9.69. The molecule has 3 rings (SSSR count).